The largest absolute Gasteiger partial charge is 0.296 e. The molecule has 0 radical (unpaired) electrons. The number of halogens is 3. The molecule has 0 amide bonds. The summed E-state index contributed by atoms with van der Waals surface area (Å²) in [5.74, 6) is -0.357. The zero-order valence-corrected chi connectivity index (χ0v) is 15.4. The second-order valence-electron chi connectivity index (χ2n) is 6.37. The molecular weight excluding hydrogens is 393 g/mol. The van der Waals surface area contributed by atoms with Crippen LogP contribution in [0, 0.1) is 5.82 Å². The molecule has 0 saturated carbocycles. The Hall–Kier alpha value is -1.72. The topological polar surface area (TPSA) is 29.7 Å². The summed E-state index contributed by atoms with van der Waals surface area (Å²) >= 11 is 10.2. The molecule has 4 rings (SSSR count). The molecule has 122 valence electrons. The Morgan fingerprint density at radius 3 is 2.83 bits per heavy atom. The molecule has 2 aromatic heterocycles. The average Bonchev–Trinajstić information content (AvgIpc) is 2.96. The molecule has 3 nitrogen and oxygen atoms in total. The second kappa shape index (κ2) is 5.39. The summed E-state index contributed by atoms with van der Waals surface area (Å²) in [5.41, 5.74) is 3.35. The number of fused-ring (bicyclic) bond motifs is 2. The molecule has 0 aliphatic carbocycles. The van der Waals surface area contributed by atoms with E-state index in [4.69, 9.17) is 16.6 Å². The third-order valence-electron chi connectivity index (χ3n) is 4.31. The number of rotatable bonds is 1. The van der Waals surface area contributed by atoms with Crippen molar-refractivity contribution in [2.75, 3.05) is 0 Å². The van der Waals surface area contributed by atoms with Gasteiger partial charge >= 0.3 is 0 Å². The van der Waals surface area contributed by atoms with Crippen molar-refractivity contribution in [2.45, 2.75) is 24.2 Å². The van der Waals surface area contributed by atoms with Crippen LogP contribution in [0.25, 0.3) is 5.65 Å². The minimum Gasteiger partial charge on any atom is -0.296 e. The van der Waals surface area contributed by atoms with Gasteiger partial charge in [-0.15, -0.1) is 0 Å². The van der Waals surface area contributed by atoms with Crippen LogP contribution in [0.3, 0.4) is 0 Å². The highest BCUT2D eigenvalue weighted by atomic mass is 79.9. The van der Waals surface area contributed by atoms with Crippen LogP contribution in [0.4, 0.5) is 4.39 Å². The molecule has 1 unspecified atom stereocenters. The predicted octanol–water partition coefficient (Wildman–Crippen LogP) is 5.19. The Kier molecular flexibility index (Phi) is 3.55. The molecule has 1 atom stereocenters. The van der Waals surface area contributed by atoms with Gasteiger partial charge in [-0.3, -0.25) is 9.39 Å². The van der Waals surface area contributed by atoms with Gasteiger partial charge in [0.2, 0.25) is 0 Å². The van der Waals surface area contributed by atoms with Crippen LogP contribution in [0.1, 0.15) is 35.5 Å². The summed E-state index contributed by atoms with van der Waals surface area (Å²) in [6.07, 6.45) is 3.45. The molecule has 6 heteroatoms. The van der Waals surface area contributed by atoms with Crippen LogP contribution in [0.2, 0.25) is 5.02 Å². The fourth-order valence-corrected chi connectivity index (χ4v) is 4.12. The monoisotopic (exact) mass is 405 g/mol. The van der Waals surface area contributed by atoms with Gasteiger partial charge < -0.3 is 0 Å². The van der Waals surface area contributed by atoms with Crippen LogP contribution in [-0.4, -0.2) is 20.6 Å². The fraction of sp³-hybridized carbons (Fsp3) is 0.222. The van der Waals surface area contributed by atoms with Crippen molar-refractivity contribution in [3.05, 3.63) is 70.4 Å². The average molecular weight is 407 g/mol. The maximum Gasteiger partial charge on any atom is 0.173 e. The van der Waals surface area contributed by atoms with Crippen LogP contribution in [0.5, 0.6) is 0 Å². The minimum absolute atomic E-state index is 0.00614. The van der Waals surface area contributed by atoms with Crippen LogP contribution < -0.4 is 0 Å². The first kappa shape index (κ1) is 15.8. The van der Waals surface area contributed by atoms with Crippen molar-refractivity contribution < 1.29 is 4.39 Å². The zero-order chi connectivity index (χ0) is 17.1. The van der Waals surface area contributed by atoms with E-state index >= 15 is 0 Å². The van der Waals surface area contributed by atoms with E-state index in [9.17, 15) is 4.39 Å². The van der Waals surface area contributed by atoms with Crippen LogP contribution in [-0.2, 0) is 0 Å². The molecule has 0 spiro atoms. The number of nitrogens with zero attached hydrogens (tertiary/aromatic N) is 3. The van der Waals surface area contributed by atoms with Crippen molar-refractivity contribution in [1.82, 2.24) is 9.38 Å². The Morgan fingerprint density at radius 1 is 1.25 bits per heavy atom. The van der Waals surface area contributed by atoms with Crippen LogP contribution in [0.15, 0.2) is 47.7 Å². The number of aromatic nitrogens is 2. The standard InChI is InChI=1S/C18H14BrClFN3/c1-18(2)16(19)14-10(5-3-6-11(14)20)15(23-18)13-9-22-17-12(21)7-4-8-24(13)17/h3-9,16H,1-2H3. The van der Waals surface area contributed by atoms with Gasteiger partial charge in [0.1, 0.15) is 0 Å². The Balaban J connectivity index is 2.04. The second-order valence-corrected chi connectivity index (χ2v) is 7.69. The molecular formula is C18H14BrClFN3. The minimum atomic E-state index is -0.398. The number of alkyl halides is 1. The number of pyridine rings is 1. The lowest BCUT2D eigenvalue weighted by atomic mass is 9.86. The lowest BCUT2D eigenvalue weighted by molar-refractivity contribution is 0.509. The van der Waals surface area contributed by atoms with Gasteiger partial charge in [-0.05, 0) is 37.6 Å². The first-order valence-electron chi connectivity index (χ1n) is 7.55. The summed E-state index contributed by atoms with van der Waals surface area (Å²) in [7, 11) is 0. The first-order chi connectivity index (χ1) is 11.4. The fourth-order valence-electron chi connectivity index (χ4n) is 3.11. The number of aliphatic imine (C=N–C) groups is 1. The molecule has 3 aromatic rings. The Bertz CT molecular complexity index is 993. The molecule has 0 fully saturated rings. The highest BCUT2D eigenvalue weighted by Gasteiger charge is 2.37. The van der Waals surface area contributed by atoms with Crippen molar-refractivity contribution in [3.8, 4) is 0 Å². The van der Waals surface area contributed by atoms with Gasteiger partial charge in [0, 0.05) is 16.8 Å². The van der Waals surface area contributed by atoms with E-state index in [2.05, 4.69) is 20.9 Å². The molecule has 1 aliphatic rings. The van der Waals surface area contributed by atoms with E-state index < -0.39 is 5.54 Å². The zero-order valence-electron chi connectivity index (χ0n) is 13.1. The predicted molar refractivity (Wildman–Crippen MR) is 98.0 cm³/mol. The number of hydrogen-bond acceptors (Lipinski definition) is 2. The van der Waals surface area contributed by atoms with Gasteiger partial charge in [-0.1, -0.05) is 39.7 Å². The normalized spacial score (nSPS) is 19.2. The van der Waals surface area contributed by atoms with Crippen LogP contribution >= 0.6 is 27.5 Å². The summed E-state index contributed by atoms with van der Waals surface area (Å²) < 4.78 is 15.7. The van der Waals surface area contributed by atoms with Crippen molar-refractivity contribution >= 4 is 38.9 Å². The molecule has 0 N–H and O–H groups in total. The Morgan fingerprint density at radius 2 is 2.04 bits per heavy atom. The van der Waals surface area contributed by atoms with Gasteiger partial charge in [0.15, 0.2) is 11.5 Å². The summed E-state index contributed by atoms with van der Waals surface area (Å²) in [6, 6.07) is 8.83. The van der Waals surface area contributed by atoms with Gasteiger partial charge in [0.25, 0.3) is 0 Å². The number of hydrogen-bond donors (Lipinski definition) is 0. The molecule has 0 bridgehead atoms. The highest BCUT2D eigenvalue weighted by molar-refractivity contribution is 9.09. The maximum absolute atomic E-state index is 14.0. The van der Waals surface area contributed by atoms with Crippen molar-refractivity contribution in [2.24, 2.45) is 4.99 Å². The third kappa shape index (κ3) is 2.22. The van der Waals surface area contributed by atoms with E-state index in [0.717, 1.165) is 22.5 Å². The SMILES string of the molecule is CC1(C)N=C(c2cnc3c(F)cccn23)c2cccc(Cl)c2C1Br. The lowest BCUT2D eigenvalue weighted by Gasteiger charge is -2.34. The third-order valence-corrected chi connectivity index (χ3v) is 6.22. The quantitative estimate of drug-likeness (QED) is 0.511. The van der Waals surface area contributed by atoms with Gasteiger partial charge in [-0.25, -0.2) is 9.37 Å². The molecule has 1 aromatic carbocycles. The molecule has 0 saturated heterocycles. The highest BCUT2D eigenvalue weighted by Crippen LogP contribution is 2.46. The van der Waals surface area contributed by atoms with E-state index in [0.29, 0.717) is 5.02 Å². The smallest absolute Gasteiger partial charge is 0.173 e. The van der Waals surface area contributed by atoms with E-state index in [1.54, 1.807) is 22.9 Å². The van der Waals surface area contributed by atoms with E-state index in [1.165, 1.54) is 6.07 Å². The molecule has 3 heterocycles. The molecule has 1 aliphatic heterocycles. The maximum atomic E-state index is 14.0. The van der Waals surface area contributed by atoms with Crippen molar-refractivity contribution in [3.63, 3.8) is 0 Å². The number of imidazole rings is 1. The van der Waals surface area contributed by atoms with E-state index in [1.807, 2.05) is 32.0 Å². The van der Waals surface area contributed by atoms with E-state index in [-0.39, 0.29) is 16.3 Å². The summed E-state index contributed by atoms with van der Waals surface area (Å²) in [6.45, 7) is 4.09. The Labute approximate surface area is 152 Å². The lowest BCUT2D eigenvalue weighted by Crippen LogP contribution is -2.32. The summed E-state index contributed by atoms with van der Waals surface area (Å²) in [4.78, 5) is 9.14. The summed E-state index contributed by atoms with van der Waals surface area (Å²) in [5, 5.41) is 0.690. The van der Waals surface area contributed by atoms with Gasteiger partial charge in [0.05, 0.1) is 28.0 Å². The van der Waals surface area contributed by atoms with Gasteiger partial charge in [-0.2, -0.15) is 0 Å². The van der Waals surface area contributed by atoms with Crippen molar-refractivity contribution in [1.29, 1.82) is 0 Å². The number of benzene rings is 1. The first-order valence-corrected chi connectivity index (χ1v) is 8.84. The molecule has 24 heavy (non-hydrogen) atoms.